The maximum absolute atomic E-state index is 12.4. The molecule has 4 heterocycles. The lowest BCUT2D eigenvalue weighted by Crippen LogP contribution is -2.41. The second kappa shape index (κ2) is 8.73. The van der Waals surface area contributed by atoms with E-state index in [4.69, 9.17) is 5.10 Å². The van der Waals surface area contributed by atoms with Gasteiger partial charge in [0.05, 0.1) is 4.88 Å². The lowest BCUT2D eigenvalue weighted by Gasteiger charge is -2.32. The molecule has 1 N–H and O–H groups in total. The Morgan fingerprint density at radius 1 is 1.32 bits per heavy atom. The van der Waals surface area contributed by atoms with E-state index in [1.165, 1.54) is 12.8 Å². The van der Waals surface area contributed by atoms with Crippen molar-refractivity contribution in [1.82, 2.24) is 19.9 Å². The lowest BCUT2D eigenvalue weighted by molar-refractivity contribution is -0.125. The highest BCUT2D eigenvalue weighted by Gasteiger charge is 2.26. The summed E-state index contributed by atoms with van der Waals surface area (Å²) in [5, 5.41) is 9.87. The van der Waals surface area contributed by atoms with Crippen molar-refractivity contribution < 1.29 is 4.79 Å². The van der Waals surface area contributed by atoms with Gasteiger partial charge < -0.3 is 10.2 Å². The number of nitrogens with zero attached hydrogens (tertiary/aromatic N) is 4. The van der Waals surface area contributed by atoms with Crippen molar-refractivity contribution >= 4 is 28.6 Å². The van der Waals surface area contributed by atoms with E-state index in [2.05, 4.69) is 39.6 Å². The van der Waals surface area contributed by atoms with Crippen LogP contribution in [0, 0.1) is 5.92 Å². The van der Waals surface area contributed by atoms with Gasteiger partial charge in [0.1, 0.15) is 11.2 Å². The molecule has 0 unspecified atom stereocenters. The predicted molar refractivity (Wildman–Crippen MR) is 114 cm³/mol. The molecule has 0 spiro atoms. The summed E-state index contributed by atoms with van der Waals surface area (Å²) in [4.78, 5) is 20.5. The molecule has 0 bridgehead atoms. The first-order chi connectivity index (χ1) is 13.8. The van der Waals surface area contributed by atoms with Gasteiger partial charge in [-0.15, -0.1) is 11.3 Å². The van der Waals surface area contributed by atoms with Gasteiger partial charge in [-0.3, -0.25) is 4.79 Å². The van der Waals surface area contributed by atoms with E-state index >= 15 is 0 Å². The van der Waals surface area contributed by atoms with Crippen molar-refractivity contribution in [3.63, 3.8) is 0 Å². The minimum Gasteiger partial charge on any atom is -0.356 e. The Morgan fingerprint density at radius 3 is 2.93 bits per heavy atom. The molecule has 0 atom stereocenters. The first-order valence-corrected chi connectivity index (χ1v) is 11.0. The van der Waals surface area contributed by atoms with Crippen molar-refractivity contribution in [1.29, 1.82) is 0 Å². The number of carbonyl (C=O) groups excluding carboxylic acids is 1. The molecule has 0 radical (unpaired) electrons. The summed E-state index contributed by atoms with van der Waals surface area (Å²) in [6, 6.07) is 6.24. The smallest absolute Gasteiger partial charge is 0.223 e. The van der Waals surface area contributed by atoms with Crippen LogP contribution in [0.4, 0.5) is 5.82 Å². The van der Waals surface area contributed by atoms with Gasteiger partial charge in [-0.2, -0.15) is 5.10 Å². The topological polar surface area (TPSA) is 62.5 Å². The van der Waals surface area contributed by atoms with Crippen LogP contribution in [0.15, 0.2) is 36.0 Å². The SMILES string of the molecule is CCCCCNC(=O)C1CCN(c2nccn3nc(-c4cccs4)cc23)CC1. The molecule has 3 aromatic heterocycles. The van der Waals surface area contributed by atoms with Crippen molar-refractivity contribution in [2.45, 2.75) is 39.0 Å². The quantitative estimate of drug-likeness (QED) is 0.613. The molecule has 4 rings (SSSR count). The van der Waals surface area contributed by atoms with Crippen LogP contribution in [0.5, 0.6) is 0 Å². The molecule has 1 fully saturated rings. The summed E-state index contributed by atoms with van der Waals surface area (Å²) in [6.07, 6.45) is 8.86. The van der Waals surface area contributed by atoms with E-state index in [0.717, 1.165) is 60.8 Å². The Labute approximate surface area is 169 Å². The van der Waals surface area contributed by atoms with Gasteiger partial charge in [-0.25, -0.2) is 9.50 Å². The Kier molecular flexibility index (Phi) is 5.90. The number of fused-ring (bicyclic) bond motifs is 1. The number of nitrogens with one attached hydrogen (secondary N) is 1. The van der Waals surface area contributed by atoms with Gasteiger partial charge >= 0.3 is 0 Å². The molecule has 0 aromatic carbocycles. The summed E-state index contributed by atoms with van der Waals surface area (Å²) in [5.74, 6) is 1.29. The first kappa shape index (κ1) is 18.9. The number of carbonyl (C=O) groups is 1. The van der Waals surface area contributed by atoms with Crippen LogP contribution in [0.3, 0.4) is 0 Å². The monoisotopic (exact) mass is 397 g/mol. The Morgan fingerprint density at radius 2 is 2.18 bits per heavy atom. The molecule has 148 valence electrons. The molecule has 7 heteroatoms. The average molecular weight is 398 g/mol. The van der Waals surface area contributed by atoms with Gasteiger partial charge in [0, 0.05) is 37.9 Å². The number of aromatic nitrogens is 3. The number of hydrogen-bond donors (Lipinski definition) is 1. The molecule has 1 saturated heterocycles. The summed E-state index contributed by atoms with van der Waals surface area (Å²) in [6.45, 7) is 4.67. The number of amides is 1. The molecule has 3 aromatic rings. The van der Waals surface area contributed by atoms with E-state index in [9.17, 15) is 4.79 Å². The zero-order valence-electron chi connectivity index (χ0n) is 16.3. The van der Waals surface area contributed by atoms with E-state index in [0.29, 0.717) is 0 Å². The predicted octanol–water partition coefficient (Wildman–Crippen LogP) is 3.98. The van der Waals surface area contributed by atoms with Crippen LogP contribution >= 0.6 is 11.3 Å². The molecule has 1 aliphatic rings. The first-order valence-electron chi connectivity index (χ1n) is 10.2. The number of piperidine rings is 1. The number of rotatable bonds is 7. The molecule has 0 aliphatic carbocycles. The van der Waals surface area contributed by atoms with Gasteiger partial charge in [-0.1, -0.05) is 25.8 Å². The van der Waals surface area contributed by atoms with Crippen LogP contribution < -0.4 is 10.2 Å². The minimum absolute atomic E-state index is 0.115. The van der Waals surface area contributed by atoms with E-state index in [1.807, 2.05) is 16.8 Å². The van der Waals surface area contributed by atoms with Gasteiger partial charge in [0.25, 0.3) is 0 Å². The lowest BCUT2D eigenvalue weighted by atomic mass is 9.96. The van der Waals surface area contributed by atoms with Crippen LogP contribution in [-0.4, -0.2) is 40.1 Å². The van der Waals surface area contributed by atoms with Crippen LogP contribution in [0.1, 0.15) is 39.0 Å². The number of thiophene rings is 1. The fourth-order valence-electron chi connectivity index (χ4n) is 3.78. The van der Waals surface area contributed by atoms with E-state index in [-0.39, 0.29) is 11.8 Å². The second-order valence-corrected chi connectivity index (χ2v) is 8.29. The fourth-order valence-corrected chi connectivity index (χ4v) is 4.46. The Hall–Kier alpha value is -2.41. The zero-order chi connectivity index (χ0) is 19.3. The van der Waals surface area contributed by atoms with E-state index in [1.54, 1.807) is 17.5 Å². The molecular weight excluding hydrogens is 370 g/mol. The summed E-state index contributed by atoms with van der Waals surface area (Å²) >= 11 is 1.69. The average Bonchev–Trinajstić information content (AvgIpc) is 3.40. The molecule has 1 amide bonds. The fraction of sp³-hybridized carbons (Fsp3) is 0.476. The Balaban J connectivity index is 1.42. The van der Waals surface area contributed by atoms with Gasteiger partial charge in [0.15, 0.2) is 5.82 Å². The number of anilines is 1. The Bertz CT molecular complexity index is 912. The standard InChI is InChI=1S/C21H27N5OS/c1-2-3-4-9-23-21(27)16-7-11-25(12-8-16)20-18-15-17(19-6-5-14-28-19)24-26(18)13-10-22-20/h5-6,10,13-16H,2-4,7-9,11-12H2,1H3,(H,23,27). The van der Waals surface area contributed by atoms with Gasteiger partial charge in [-0.05, 0) is 36.8 Å². The van der Waals surface area contributed by atoms with Crippen molar-refractivity contribution in [2.24, 2.45) is 5.92 Å². The molecular formula is C21H27N5OS. The summed E-state index contributed by atoms with van der Waals surface area (Å²) in [5.41, 5.74) is 2.00. The van der Waals surface area contributed by atoms with Crippen LogP contribution in [0.25, 0.3) is 16.1 Å². The van der Waals surface area contributed by atoms with Crippen LogP contribution in [0.2, 0.25) is 0 Å². The maximum atomic E-state index is 12.4. The summed E-state index contributed by atoms with van der Waals surface area (Å²) < 4.78 is 1.91. The largest absolute Gasteiger partial charge is 0.356 e. The number of hydrogen-bond acceptors (Lipinski definition) is 5. The normalized spacial score (nSPS) is 15.2. The highest BCUT2D eigenvalue weighted by atomic mass is 32.1. The molecule has 1 aliphatic heterocycles. The third-order valence-electron chi connectivity index (χ3n) is 5.39. The number of unbranched alkanes of at least 4 members (excludes halogenated alkanes) is 2. The van der Waals surface area contributed by atoms with Crippen LogP contribution in [-0.2, 0) is 4.79 Å². The third-order valence-corrected chi connectivity index (χ3v) is 6.28. The second-order valence-electron chi connectivity index (χ2n) is 7.35. The highest BCUT2D eigenvalue weighted by molar-refractivity contribution is 7.13. The van der Waals surface area contributed by atoms with Gasteiger partial charge in [0.2, 0.25) is 5.91 Å². The van der Waals surface area contributed by atoms with E-state index < -0.39 is 0 Å². The molecule has 0 saturated carbocycles. The maximum Gasteiger partial charge on any atom is 0.223 e. The highest BCUT2D eigenvalue weighted by Crippen LogP contribution is 2.29. The molecule has 28 heavy (non-hydrogen) atoms. The van der Waals surface area contributed by atoms with Crippen molar-refractivity contribution in [3.8, 4) is 10.6 Å². The minimum atomic E-state index is 0.115. The zero-order valence-corrected chi connectivity index (χ0v) is 17.1. The summed E-state index contributed by atoms with van der Waals surface area (Å²) in [7, 11) is 0. The van der Waals surface area contributed by atoms with Crippen molar-refractivity contribution in [3.05, 3.63) is 36.0 Å². The molecule has 6 nitrogen and oxygen atoms in total. The third kappa shape index (κ3) is 4.04. The van der Waals surface area contributed by atoms with Crippen molar-refractivity contribution in [2.75, 3.05) is 24.5 Å².